The smallest absolute Gasteiger partial charge is 0.306 e. The molecule has 5 heteroatoms. The maximum absolute atomic E-state index is 12.6. The van der Waals surface area contributed by atoms with Crippen molar-refractivity contribution in [1.29, 1.82) is 0 Å². The minimum absolute atomic E-state index is 0.163. The Morgan fingerprint density at radius 2 is 1.80 bits per heavy atom. The molecule has 1 saturated heterocycles. The summed E-state index contributed by atoms with van der Waals surface area (Å²) >= 11 is 0. The lowest BCUT2D eigenvalue weighted by atomic mass is 9.75. The summed E-state index contributed by atoms with van der Waals surface area (Å²) in [5.41, 5.74) is -0.213. The molecular weight excluding hydrogens is 256 g/mol. The number of piperidine rings is 1. The molecule has 0 spiro atoms. The van der Waals surface area contributed by atoms with Gasteiger partial charge in [0.05, 0.1) is 11.3 Å². The number of carboxylic acids is 1. The highest BCUT2D eigenvalue weighted by Gasteiger charge is 2.39. The zero-order chi connectivity index (χ0) is 14.6. The first-order valence-corrected chi connectivity index (χ1v) is 7.82. The van der Waals surface area contributed by atoms with Gasteiger partial charge in [-0.2, -0.15) is 0 Å². The van der Waals surface area contributed by atoms with E-state index in [1.807, 2.05) is 0 Å². The molecule has 1 amide bonds. The second-order valence-electron chi connectivity index (χ2n) is 6.24. The zero-order valence-electron chi connectivity index (χ0n) is 12.3. The zero-order valence-corrected chi connectivity index (χ0v) is 12.3. The number of rotatable bonds is 4. The topological polar surface area (TPSA) is 78.4 Å². The van der Waals surface area contributed by atoms with Crippen LogP contribution in [0.25, 0.3) is 0 Å². The second kappa shape index (κ2) is 6.57. The first-order chi connectivity index (χ1) is 9.57. The maximum atomic E-state index is 12.6. The summed E-state index contributed by atoms with van der Waals surface area (Å²) in [5, 5.41) is 15.5. The number of nitrogens with one attached hydrogen (secondary N) is 2. The lowest BCUT2D eigenvalue weighted by molar-refractivity contribution is -0.143. The molecule has 0 aromatic heterocycles. The summed E-state index contributed by atoms with van der Waals surface area (Å²) < 4.78 is 0. The average molecular weight is 282 g/mol. The molecule has 1 aliphatic carbocycles. The van der Waals surface area contributed by atoms with Crippen LogP contribution in [0.5, 0.6) is 0 Å². The molecule has 114 valence electrons. The molecule has 2 fully saturated rings. The number of aliphatic carboxylic acids is 1. The fourth-order valence-electron chi connectivity index (χ4n) is 3.47. The number of hydrogen-bond acceptors (Lipinski definition) is 3. The highest BCUT2D eigenvalue weighted by Crippen LogP contribution is 2.33. The van der Waals surface area contributed by atoms with E-state index in [9.17, 15) is 9.59 Å². The highest BCUT2D eigenvalue weighted by atomic mass is 16.4. The Bertz CT molecular complexity index is 356. The molecule has 20 heavy (non-hydrogen) atoms. The van der Waals surface area contributed by atoms with Gasteiger partial charge in [-0.3, -0.25) is 9.59 Å². The molecular formula is C15H26N2O3. The van der Waals surface area contributed by atoms with Crippen molar-refractivity contribution in [1.82, 2.24) is 10.6 Å². The summed E-state index contributed by atoms with van der Waals surface area (Å²) in [5.74, 6) is -0.736. The van der Waals surface area contributed by atoms with Crippen LogP contribution in [-0.4, -0.2) is 36.1 Å². The number of amides is 1. The van der Waals surface area contributed by atoms with E-state index in [2.05, 4.69) is 17.6 Å². The van der Waals surface area contributed by atoms with Crippen molar-refractivity contribution < 1.29 is 14.7 Å². The summed E-state index contributed by atoms with van der Waals surface area (Å²) in [6.07, 6.45) is 5.63. The van der Waals surface area contributed by atoms with E-state index in [0.717, 1.165) is 45.2 Å². The summed E-state index contributed by atoms with van der Waals surface area (Å²) in [7, 11) is 0. The second-order valence-corrected chi connectivity index (χ2v) is 6.24. The molecule has 0 aromatic rings. The maximum Gasteiger partial charge on any atom is 0.306 e. The van der Waals surface area contributed by atoms with Crippen molar-refractivity contribution in [3.63, 3.8) is 0 Å². The van der Waals surface area contributed by atoms with Crippen molar-refractivity contribution in [3.8, 4) is 0 Å². The molecule has 2 aliphatic rings. The van der Waals surface area contributed by atoms with Crippen LogP contribution in [0, 0.1) is 11.3 Å². The molecule has 1 heterocycles. The summed E-state index contributed by atoms with van der Waals surface area (Å²) in [6.45, 7) is 3.91. The van der Waals surface area contributed by atoms with Crippen molar-refractivity contribution >= 4 is 11.9 Å². The Kier molecular flexibility index (Phi) is 5.02. The van der Waals surface area contributed by atoms with Gasteiger partial charge in [0.1, 0.15) is 0 Å². The first-order valence-electron chi connectivity index (χ1n) is 7.82. The van der Waals surface area contributed by atoms with Gasteiger partial charge in [0.25, 0.3) is 0 Å². The Labute approximate surface area is 120 Å². The third kappa shape index (κ3) is 3.32. The van der Waals surface area contributed by atoms with Crippen molar-refractivity contribution in [2.45, 2.75) is 57.9 Å². The van der Waals surface area contributed by atoms with Crippen molar-refractivity contribution in [2.24, 2.45) is 11.3 Å². The predicted octanol–water partition coefficient (Wildman–Crippen LogP) is 1.53. The van der Waals surface area contributed by atoms with Crippen LogP contribution in [0.3, 0.4) is 0 Å². The molecule has 1 aliphatic heterocycles. The van der Waals surface area contributed by atoms with Crippen molar-refractivity contribution in [3.05, 3.63) is 0 Å². The molecule has 5 nitrogen and oxygen atoms in total. The van der Waals surface area contributed by atoms with Crippen LogP contribution < -0.4 is 10.6 Å². The molecule has 0 atom stereocenters. The standard InChI is InChI=1S/C15H26N2O3/c1-2-15(7-9-16-10-8-15)14(20)17-12-5-3-11(4-6-12)13(18)19/h11-12,16H,2-10H2,1H3,(H,17,20)(H,18,19). The van der Waals surface area contributed by atoms with Gasteiger partial charge >= 0.3 is 5.97 Å². The van der Waals surface area contributed by atoms with Gasteiger partial charge in [-0.1, -0.05) is 6.92 Å². The number of carboxylic acid groups (broad SMARTS) is 1. The summed E-state index contributed by atoms with van der Waals surface area (Å²) in [4.78, 5) is 23.5. The van der Waals surface area contributed by atoms with Gasteiger partial charge in [-0.15, -0.1) is 0 Å². The first kappa shape index (κ1) is 15.3. The third-order valence-corrected chi connectivity index (χ3v) is 5.13. The van der Waals surface area contributed by atoms with Crippen LogP contribution >= 0.6 is 0 Å². The highest BCUT2D eigenvalue weighted by molar-refractivity contribution is 5.83. The Morgan fingerprint density at radius 3 is 2.30 bits per heavy atom. The fourth-order valence-corrected chi connectivity index (χ4v) is 3.47. The molecule has 2 rings (SSSR count). The van der Waals surface area contributed by atoms with E-state index in [-0.39, 0.29) is 23.3 Å². The van der Waals surface area contributed by atoms with Crippen LogP contribution in [0.1, 0.15) is 51.9 Å². The quantitative estimate of drug-likeness (QED) is 0.730. The number of hydrogen-bond donors (Lipinski definition) is 3. The molecule has 0 radical (unpaired) electrons. The van der Waals surface area contributed by atoms with E-state index in [1.54, 1.807) is 0 Å². The van der Waals surface area contributed by atoms with Gasteiger partial charge in [-0.25, -0.2) is 0 Å². The minimum Gasteiger partial charge on any atom is -0.481 e. The third-order valence-electron chi connectivity index (χ3n) is 5.13. The van der Waals surface area contributed by atoms with Crippen LogP contribution in [0.15, 0.2) is 0 Å². The Balaban J connectivity index is 1.86. The van der Waals surface area contributed by atoms with E-state index in [4.69, 9.17) is 5.11 Å². The summed E-state index contributed by atoms with van der Waals surface area (Å²) in [6, 6.07) is 0.163. The predicted molar refractivity (Wildman–Crippen MR) is 76.4 cm³/mol. The SMILES string of the molecule is CCC1(C(=O)NC2CCC(C(=O)O)CC2)CCNCC1. The normalized spacial score (nSPS) is 29.6. The molecule has 0 unspecified atom stereocenters. The van der Waals surface area contributed by atoms with Crippen LogP contribution in [0.2, 0.25) is 0 Å². The lowest BCUT2D eigenvalue weighted by Gasteiger charge is -2.37. The largest absolute Gasteiger partial charge is 0.481 e. The van der Waals surface area contributed by atoms with Gasteiger partial charge in [-0.05, 0) is 58.0 Å². The lowest BCUT2D eigenvalue weighted by Crippen LogP contribution is -2.50. The van der Waals surface area contributed by atoms with Crippen LogP contribution in [0.4, 0.5) is 0 Å². The van der Waals surface area contributed by atoms with Gasteiger partial charge in [0.15, 0.2) is 0 Å². The monoisotopic (exact) mass is 282 g/mol. The van der Waals surface area contributed by atoms with E-state index in [0.29, 0.717) is 12.8 Å². The van der Waals surface area contributed by atoms with E-state index >= 15 is 0 Å². The van der Waals surface area contributed by atoms with E-state index < -0.39 is 5.97 Å². The molecule has 0 aromatic carbocycles. The van der Waals surface area contributed by atoms with Gasteiger partial charge in [0.2, 0.25) is 5.91 Å². The molecule has 0 bridgehead atoms. The Morgan fingerprint density at radius 1 is 1.20 bits per heavy atom. The molecule has 1 saturated carbocycles. The number of carbonyl (C=O) groups excluding carboxylic acids is 1. The Hall–Kier alpha value is -1.10. The van der Waals surface area contributed by atoms with E-state index in [1.165, 1.54) is 0 Å². The minimum atomic E-state index is -0.696. The average Bonchev–Trinajstić information content (AvgIpc) is 2.48. The van der Waals surface area contributed by atoms with Gasteiger partial charge < -0.3 is 15.7 Å². The number of carbonyl (C=O) groups is 2. The van der Waals surface area contributed by atoms with Gasteiger partial charge in [0, 0.05) is 6.04 Å². The van der Waals surface area contributed by atoms with Crippen molar-refractivity contribution in [2.75, 3.05) is 13.1 Å². The molecule has 3 N–H and O–H groups in total. The van der Waals surface area contributed by atoms with Crippen LogP contribution in [-0.2, 0) is 9.59 Å². The fraction of sp³-hybridized carbons (Fsp3) is 0.867.